The van der Waals surface area contributed by atoms with Crippen molar-refractivity contribution in [2.24, 2.45) is 0 Å². The van der Waals surface area contributed by atoms with Gasteiger partial charge in [-0.25, -0.2) is 13.1 Å². The van der Waals surface area contributed by atoms with Crippen molar-refractivity contribution in [2.75, 3.05) is 20.8 Å². The molecule has 0 aliphatic rings. The Bertz CT molecular complexity index is 932. The second-order valence-corrected chi connectivity index (χ2v) is 7.84. The van der Waals surface area contributed by atoms with Crippen molar-refractivity contribution in [3.05, 3.63) is 53.1 Å². The van der Waals surface area contributed by atoms with E-state index < -0.39 is 22.0 Å². The lowest BCUT2D eigenvalue weighted by Crippen LogP contribution is -2.31. The van der Waals surface area contributed by atoms with Crippen molar-refractivity contribution < 1.29 is 27.4 Å². The van der Waals surface area contributed by atoms with Crippen molar-refractivity contribution in [1.29, 1.82) is 0 Å². The summed E-state index contributed by atoms with van der Waals surface area (Å²) < 4.78 is 43.7. The number of sulfonamides is 1. The lowest BCUT2D eigenvalue weighted by Gasteiger charge is -2.20. The quantitative estimate of drug-likeness (QED) is 0.617. The van der Waals surface area contributed by atoms with Crippen LogP contribution in [0.3, 0.4) is 0 Å². The first-order valence-electron chi connectivity index (χ1n) is 8.46. The summed E-state index contributed by atoms with van der Waals surface area (Å²) in [6.07, 6.45) is -0.204. The third kappa shape index (κ3) is 5.37. The molecule has 2 rings (SSSR count). The first-order valence-corrected chi connectivity index (χ1v) is 10.3. The number of halogens is 1. The molecule has 0 amide bonds. The van der Waals surface area contributed by atoms with E-state index in [-0.39, 0.29) is 23.7 Å². The van der Waals surface area contributed by atoms with Gasteiger partial charge in [0.15, 0.2) is 11.5 Å². The molecule has 1 atom stereocenters. The number of ether oxygens (including phenoxy) is 3. The molecule has 0 aliphatic carbocycles. The minimum Gasteiger partial charge on any atom is -0.493 e. The van der Waals surface area contributed by atoms with Crippen molar-refractivity contribution in [2.45, 2.75) is 24.3 Å². The van der Waals surface area contributed by atoms with Crippen LogP contribution in [0.15, 0.2) is 47.4 Å². The van der Waals surface area contributed by atoms with Crippen molar-refractivity contribution in [3.8, 4) is 11.5 Å². The summed E-state index contributed by atoms with van der Waals surface area (Å²) in [6, 6.07) is 10.0. The number of esters is 1. The van der Waals surface area contributed by atoms with Crippen molar-refractivity contribution in [3.63, 3.8) is 0 Å². The largest absolute Gasteiger partial charge is 0.493 e. The third-order valence-corrected chi connectivity index (χ3v) is 5.73. The van der Waals surface area contributed by atoms with E-state index in [1.807, 2.05) is 0 Å². The van der Waals surface area contributed by atoms with Crippen LogP contribution < -0.4 is 14.2 Å². The monoisotopic (exact) mass is 427 g/mol. The van der Waals surface area contributed by atoms with E-state index in [2.05, 4.69) is 4.72 Å². The predicted octanol–water partition coefficient (Wildman–Crippen LogP) is 3.33. The molecule has 2 aromatic carbocycles. The molecule has 0 aliphatic heterocycles. The van der Waals surface area contributed by atoms with Gasteiger partial charge >= 0.3 is 5.97 Å². The van der Waals surface area contributed by atoms with Crippen LogP contribution in [0.25, 0.3) is 0 Å². The molecule has 0 unspecified atom stereocenters. The molecule has 0 heterocycles. The molecule has 28 heavy (non-hydrogen) atoms. The maximum absolute atomic E-state index is 12.9. The van der Waals surface area contributed by atoms with E-state index in [9.17, 15) is 13.2 Å². The molecular formula is C19H22ClNO6S. The van der Waals surface area contributed by atoms with E-state index in [4.69, 9.17) is 25.8 Å². The summed E-state index contributed by atoms with van der Waals surface area (Å²) in [5.74, 6) is 0.128. The van der Waals surface area contributed by atoms with E-state index in [1.165, 1.54) is 32.4 Å². The zero-order chi connectivity index (χ0) is 20.7. The fourth-order valence-electron chi connectivity index (χ4n) is 2.60. The van der Waals surface area contributed by atoms with Gasteiger partial charge in [0.2, 0.25) is 10.0 Å². The Morgan fingerprint density at radius 3 is 2.39 bits per heavy atom. The Morgan fingerprint density at radius 2 is 1.79 bits per heavy atom. The second-order valence-electron chi connectivity index (χ2n) is 5.72. The number of carbonyl (C=O) groups is 1. The lowest BCUT2D eigenvalue weighted by atomic mass is 10.1. The molecule has 2 aromatic rings. The van der Waals surface area contributed by atoms with Crippen LogP contribution >= 0.6 is 11.6 Å². The smallest absolute Gasteiger partial charge is 0.307 e. The molecule has 0 fully saturated rings. The number of hydrogen-bond donors (Lipinski definition) is 1. The van der Waals surface area contributed by atoms with Gasteiger partial charge < -0.3 is 14.2 Å². The van der Waals surface area contributed by atoms with E-state index in [0.717, 1.165) is 0 Å². The SMILES string of the molecule is CCOC(=O)C[C@@H](NS(=O)(=O)c1ccc(OC)c(OC)c1)c1ccccc1Cl. The van der Waals surface area contributed by atoms with Gasteiger partial charge in [0.05, 0.1) is 38.2 Å². The van der Waals surface area contributed by atoms with Crippen LogP contribution in [-0.2, 0) is 19.6 Å². The fraction of sp³-hybridized carbons (Fsp3) is 0.316. The van der Waals surface area contributed by atoms with Crippen LogP contribution in [0.1, 0.15) is 24.9 Å². The van der Waals surface area contributed by atoms with Crippen molar-refractivity contribution >= 4 is 27.6 Å². The molecule has 152 valence electrons. The van der Waals surface area contributed by atoms with Gasteiger partial charge in [-0.3, -0.25) is 4.79 Å². The highest BCUT2D eigenvalue weighted by atomic mass is 35.5. The number of benzene rings is 2. The zero-order valence-corrected chi connectivity index (χ0v) is 17.3. The first-order chi connectivity index (χ1) is 13.3. The van der Waals surface area contributed by atoms with Gasteiger partial charge in [-0.2, -0.15) is 0 Å². The normalized spacial score (nSPS) is 12.3. The Hall–Kier alpha value is -2.29. The van der Waals surface area contributed by atoms with Gasteiger partial charge in [-0.05, 0) is 30.7 Å². The summed E-state index contributed by atoms with van der Waals surface area (Å²) in [5, 5.41) is 0.340. The topological polar surface area (TPSA) is 90.9 Å². The highest BCUT2D eigenvalue weighted by molar-refractivity contribution is 7.89. The van der Waals surface area contributed by atoms with Crippen LogP contribution in [0.5, 0.6) is 11.5 Å². The van der Waals surface area contributed by atoms with Gasteiger partial charge in [-0.15, -0.1) is 0 Å². The third-order valence-electron chi connectivity index (χ3n) is 3.92. The number of nitrogens with one attached hydrogen (secondary N) is 1. The fourth-order valence-corrected chi connectivity index (χ4v) is 4.10. The van der Waals surface area contributed by atoms with Gasteiger partial charge in [-0.1, -0.05) is 29.8 Å². The number of methoxy groups -OCH3 is 2. The van der Waals surface area contributed by atoms with E-state index in [1.54, 1.807) is 31.2 Å². The van der Waals surface area contributed by atoms with Gasteiger partial charge in [0, 0.05) is 11.1 Å². The molecule has 0 saturated heterocycles. The maximum Gasteiger partial charge on any atom is 0.307 e. The summed E-state index contributed by atoms with van der Waals surface area (Å²) in [4.78, 5) is 12.0. The van der Waals surface area contributed by atoms with E-state index in [0.29, 0.717) is 16.3 Å². The van der Waals surface area contributed by atoms with Crippen LogP contribution in [0.4, 0.5) is 0 Å². The molecule has 7 nitrogen and oxygen atoms in total. The van der Waals surface area contributed by atoms with Crippen LogP contribution in [0.2, 0.25) is 5.02 Å². The summed E-state index contributed by atoms with van der Waals surface area (Å²) >= 11 is 6.22. The Morgan fingerprint density at radius 1 is 1.11 bits per heavy atom. The summed E-state index contributed by atoms with van der Waals surface area (Å²) in [7, 11) is -1.13. The average molecular weight is 428 g/mol. The number of carbonyl (C=O) groups excluding carboxylic acids is 1. The predicted molar refractivity (Wildman–Crippen MR) is 105 cm³/mol. The molecular weight excluding hydrogens is 406 g/mol. The molecule has 0 radical (unpaired) electrons. The number of rotatable bonds is 9. The Balaban J connectivity index is 2.39. The van der Waals surface area contributed by atoms with Crippen LogP contribution in [-0.4, -0.2) is 35.2 Å². The van der Waals surface area contributed by atoms with Crippen molar-refractivity contribution in [1.82, 2.24) is 4.72 Å². The number of hydrogen-bond acceptors (Lipinski definition) is 6. The second kappa shape index (κ2) is 9.77. The minimum atomic E-state index is -3.99. The lowest BCUT2D eigenvalue weighted by molar-refractivity contribution is -0.143. The molecule has 0 saturated carbocycles. The summed E-state index contributed by atoms with van der Waals surface area (Å²) in [6.45, 7) is 1.87. The zero-order valence-electron chi connectivity index (χ0n) is 15.8. The Kier molecular flexibility index (Phi) is 7.68. The first kappa shape index (κ1) is 22.0. The molecule has 0 aromatic heterocycles. The standard InChI is InChI=1S/C19H22ClNO6S/c1-4-27-19(22)12-16(14-7-5-6-8-15(14)20)21-28(23,24)13-9-10-17(25-2)18(11-13)26-3/h5-11,16,21H,4,12H2,1-3H3/t16-/m1/s1. The van der Waals surface area contributed by atoms with Crippen LogP contribution in [0, 0.1) is 0 Å². The minimum absolute atomic E-state index is 0.0361. The highest BCUT2D eigenvalue weighted by Gasteiger charge is 2.26. The maximum atomic E-state index is 12.9. The Labute approximate surface area is 169 Å². The van der Waals surface area contributed by atoms with Gasteiger partial charge in [0.25, 0.3) is 0 Å². The highest BCUT2D eigenvalue weighted by Crippen LogP contribution is 2.31. The average Bonchev–Trinajstić information content (AvgIpc) is 2.67. The molecule has 0 spiro atoms. The van der Waals surface area contributed by atoms with Gasteiger partial charge in [0.1, 0.15) is 0 Å². The molecule has 0 bridgehead atoms. The molecule has 9 heteroatoms. The van der Waals surface area contributed by atoms with E-state index >= 15 is 0 Å². The summed E-state index contributed by atoms with van der Waals surface area (Å²) in [5.41, 5.74) is 0.473. The molecule has 1 N–H and O–H groups in total.